The van der Waals surface area contributed by atoms with Crippen LogP contribution in [0, 0.1) is 5.92 Å². The zero-order valence-electron chi connectivity index (χ0n) is 20.9. The van der Waals surface area contributed by atoms with Gasteiger partial charge in [0.25, 0.3) is 5.56 Å². The van der Waals surface area contributed by atoms with Crippen LogP contribution >= 0.6 is 0 Å². The van der Waals surface area contributed by atoms with Crippen molar-refractivity contribution in [1.29, 1.82) is 0 Å². The van der Waals surface area contributed by atoms with Crippen LogP contribution in [0.15, 0.2) is 56.5 Å². The van der Waals surface area contributed by atoms with Gasteiger partial charge < -0.3 is 19.8 Å². The van der Waals surface area contributed by atoms with Gasteiger partial charge in [-0.3, -0.25) is 24.0 Å². The quantitative estimate of drug-likeness (QED) is 0.417. The summed E-state index contributed by atoms with van der Waals surface area (Å²) in [5, 5.41) is 0. The molecule has 3 N–H and O–H groups in total. The SMILES string of the molecule is COCCN(C(=O)CN(C)Cc1ccc([C@H]2C[C@@H]2C)o1)c1c(N)n(Cc2ccccc2)c(=O)[nH]c1=O. The highest BCUT2D eigenvalue weighted by Crippen LogP contribution is 2.47. The predicted octanol–water partition coefficient (Wildman–Crippen LogP) is 1.99. The topological polar surface area (TPSA) is 127 Å². The number of ether oxygens (including phenoxy) is 1. The van der Waals surface area contributed by atoms with Crippen LogP contribution in [0.5, 0.6) is 0 Å². The number of amides is 1. The standard InChI is InChI=1S/C26H33N5O5/c1-17-13-20(17)21-10-9-19(36-21)15-29(2)16-22(32)30(11-12-35-3)23-24(27)31(26(34)28-25(23)33)14-18-7-5-4-6-8-18/h4-10,17,20H,11-16,27H2,1-3H3,(H,28,33,34)/t17-,20-/m0/s1. The zero-order chi connectivity index (χ0) is 25.8. The summed E-state index contributed by atoms with van der Waals surface area (Å²) < 4.78 is 12.4. The molecule has 1 saturated carbocycles. The normalized spacial score (nSPS) is 16.9. The van der Waals surface area contributed by atoms with E-state index in [0.29, 0.717) is 18.4 Å². The van der Waals surface area contributed by atoms with Crippen LogP contribution in [0.25, 0.3) is 0 Å². The number of nitrogens with two attached hydrogens (primary N) is 1. The second-order valence-electron chi connectivity index (χ2n) is 9.40. The summed E-state index contributed by atoms with van der Waals surface area (Å²) in [5.41, 5.74) is 5.73. The summed E-state index contributed by atoms with van der Waals surface area (Å²) in [4.78, 5) is 44.2. The first-order valence-electron chi connectivity index (χ1n) is 12.0. The minimum absolute atomic E-state index is 0.0102. The number of anilines is 2. The van der Waals surface area contributed by atoms with Crippen LogP contribution in [0.4, 0.5) is 11.5 Å². The van der Waals surface area contributed by atoms with Crippen LogP contribution in [0.1, 0.15) is 36.3 Å². The molecule has 0 unspecified atom stereocenters. The number of rotatable bonds is 11. The Bertz CT molecular complexity index is 1310. The lowest BCUT2D eigenvalue weighted by molar-refractivity contribution is -0.119. The highest BCUT2D eigenvalue weighted by atomic mass is 16.5. The number of hydrogen-bond donors (Lipinski definition) is 2. The number of methoxy groups -OCH3 is 1. The summed E-state index contributed by atoms with van der Waals surface area (Å²) in [6.07, 6.45) is 1.14. The van der Waals surface area contributed by atoms with Crippen molar-refractivity contribution >= 4 is 17.4 Å². The number of H-pyrrole nitrogens is 1. The summed E-state index contributed by atoms with van der Waals surface area (Å²) in [6, 6.07) is 13.2. The number of nitrogens with one attached hydrogen (secondary N) is 1. The molecule has 1 aliphatic rings. The van der Waals surface area contributed by atoms with Crippen molar-refractivity contribution < 1.29 is 13.9 Å². The minimum Gasteiger partial charge on any atom is -0.464 e. The highest BCUT2D eigenvalue weighted by molar-refractivity contribution is 5.96. The maximum Gasteiger partial charge on any atom is 0.330 e. The van der Waals surface area contributed by atoms with E-state index >= 15 is 0 Å². The van der Waals surface area contributed by atoms with Crippen LogP contribution < -0.4 is 21.9 Å². The van der Waals surface area contributed by atoms with Gasteiger partial charge in [-0.1, -0.05) is 37.3 Å². The van der Waals surface area contributed by atoms with Crippen molar-refractivity contribution in [3.63, 3.8) is 0 Å². The van der Waals surface area contributed by atoms with Gasteiger partial charge >= 0.3 is 5.69 Å². The van der Waals surface area contributed by atoms with E-state index in [-0.39, 0.29) is 43.7 Å². The monoisotopic (exact) mass is 495 g/mol. The average molecular weight is 496 g/mol. The van der Waals surface area contributed by atoms with E-state index in [4.69, 9.17) is 14.9 Å². The molecule has 3 aromatic rings. The molecule has 2 aromatic heterocycles. The Balaban J connectivity index is 1.55. The molecule has 2 atom stereocenters. The molecule has 4 rings (SSSR count). The van der Waals surface area contributed by atoms with E-state index in [9.17, 15) is 14.4 Å². The van der Waals surface area contributed by atoms with Gasteiger partial charge in [0.05, 0.1) is 26.2 Å². The van der Waals surface area contributed by atoms with Crippen LogP contribution in [0.2, 0.25) is 0 Å². The van der Waals surface area contributed by atoms with Crippen molar-refractivity contribution in [2.75, 3.05) is 44.5 Å². The Hall–Kier alpha value is -3.63. The van der Waals surface area contributed by atoms with E-state index in [1.54, 1.807) is 7.05 Å². The number of nitrogens with zero attached hydrogens (tertiary/aromatic N) is 3. The van der Waals surface area contributed by atoms with Crippen LogP contribution in [0.3, 0.4) is 0 Å². The summed E-state index contributed by atoms with van der Waals surface area (Å²) in [6.45, 7) is 3.09. The fourth-order valence-corrected chi connectivity index (χ4v) is 4.34. The molecule has 36 heavy (non-hydrogen) atoms. The first kappa shape index (κ1) is 25.5. The van der Waals surface area contributed by atoms with Crippen molar-refractivity contribution in [3.05, 3.63) is 80.4 Å². The van der Waals surface area contributed by atoms with E-state index in [2.05, 4.69) is 11.9 Å². The number of aromatic amines is 1. The molecule has 1 aromatic carbocycles. The summed E-state index contributed by atoms with van der Waals surface area (Å²) in [7, 11) is 3.31. The van der Waals surface area contributed by atoms with Crippen molar-refractivity contribution in [1.82, 2.24) is 14.5 Å². The Morgan fingerprint density at radius 1 is 1.22 bits per heavy atom. The maximum absolute atomic E-state index is 13.4. The third-order valence-electron chi connectivity index (χ3n) is 6.48. The molecule has 0 saturated heterocycles. The van der Waals surface area contributed by atoms with Gasteiger partial charge in [0, 0.05) is 19.6 Å². The molecule has 10 nitrogen and oxygen atoms in total. The minimum atomic E-state index is -0.719. The lowest BCUT2D eigenvalue weighted by Crippen LogP contribution is -2.45. The number of benzene rings is 1. The van der Waals surface area contributed by atoms with E-state index in [1.807, 2.05) is 47.4 Å². The summed E-state index contributed by atoms with van der Waals surface area (Å²) >= 11 is 0. The molecule has 0 spiro atoms. The van der Waals surface area contributed by atoms with Crippen LogP contribution in [-0.4, -0.2) is 54.2 Å². The van der Waals surface area contributed by atoms with Gasteiger partial charge in [0.15, 0.2) is 5.69 Å². The number of likely N-dealkylation sites (N-methyl/N-ethyl adjacent to an activating group) is 1. The Kier molecular flexibility index (Phi) is 7.76. The molecule has 192 valence electrons. The molecule has 1 aliphatic carbocycles. The number of nitrogen functional groups attached to an aromatic ring is 1. The third kappa shape index (κ3) is 5.77. The highest BCUT2D eigenvalue weighted by Gasteiger charge is 2.36. The fourth-order valence-electron chi connectivity index (χ4n) is 4.34. The van der Waals surface area contributed by atoms with Gasteiger partial charge in [-0.05, 0) is 37.1 Å². The van der Waals surface area contributed by atoms with Gasteiger partial charge in [-0.2, -0.15) is 0 Å². The second kappa shape index (κ2) is 11.0. The number of furan rings is 1. The Morgan fingerprint density at radius 2 is 1.94 bits per heavy atom. The van der Waals surface area contributed by atoms with E-state index in [0.717, 1.165) is 23.5 Å². The lowest BCUT2D eigenvalue weighted by atomic mass is 10.2. The molecule has 10 heteroatoms. The van der Waals surface area contributed by atoms with Crippen molar-refractivity contribution in [2.45, 2.75) is 32.4 Å². The van der Waals surface area contributed by atoms with Gasteiger partial charge in [0.1, 0.15) is 17.3 Å². The Morgan fingerprint density at radius 3 is 2.61 bits per heavy atom. The largest absolute Gasteiger partial charge is 0.464 e. The smallest absolute Gasteiger partial charge is 0.330 e. The molecule has 0 bridgehead atoms. The molecule has 2 heterocycles. The Labute approximate surface area is 209 Å². The third-order valence-corrected chi connectivity index (χ3v) is 6.48. The lowest BCUT2D eigenvalue weighted by Gasteiger charge is -2.26. The van der Waals surface area contributed by atoms with Gasteiger partial charge in [-0.25, -0.2) is 4.79 Å². The number of aromatic nitrogens is 2. The zero-order valence-corrected chi connectivity index (χ0v) is 20.9. The first-order chi connectivity index (χ1) is 17.3. The molecule has 0 aliphatic heterocycles. The molecule has 1 amide bonds. The molecule has 0 radical (unpaired) electrons. The van der Waals surface area contributed by atoms with Crippen molar-refractivity contribution in [3.8, 4) is 0 Å². The van der Waals surface area contributed by atoms with E-state index < -0.39 is 11.2 Å². The van der Waals surface area contributed by atoms with Gasteiger partial charge in [0.2, 0.25) is 5.91 Å². The number of carbonyl (C=O) groups excluding carboxylic acids is 1. The molecule has 1 fully saturated rings. The molecular weight excluding hydrogens is 462 g/mol. The molecular formula is C26H33N5O5. The van der Waals surface area contributed by atoms with Crippen LogP contribution in [-0.2, 0) is 22.6 Å². The summed E-state index contributed by atoms with van der Waals surface area (Å²) in [5.74, 6) is 2.46. The van der Waals surface area contributed by atoms with E-state index in [1.165, 1.54) is 16.6 Å². The second-order valence-corrected chi connectivity index (χ2v) is 9.40. The van der Waals surface area contributed by atoms with Crippen molar-refractivity contribution in [2.24, 2.45) is 5.92 Å². The van der Waals surface area contributed by atoms with Gasteiger partial charge in [-0.15, -0.1) is 0 Å². The number of carbonyl (C=O) groups is 1. The first-order valence-corrected chi connectivity index (χ1v) is 12.0. The average Bonchev–Trinajstić information content (AvgIpc) is 3.39. The fraction of sp³-hybridized carbons (Fsp3) is 0.423. The predicted molar refractivity (Wildman–Crippen MR) is 137 cm³/mol. The maximum atomic E-state index is 13.4. The number of hydrogen-bond acceptors (Lipinski definition) is 7.